The molecule has 3 rings (SSSR count). The second-order valence-corrected chi connectivity index (χ2v) is 7.83. The minimum Gasteiger partial charge on any atom is -0.494 e. The standard InChI is InChI=1S/C22H26N2O3S/c1-3-26-21(25)11-6-16-4-8-18(9-5-16)27-13-12-15(2)17-7-10-19-20(14-17)28-22(23)24-19/h4-5,7-10,14-15H,3,6,11-13H2,1-2H3,(H2,23,24). The highest BCUT2D eigenvalue weighted by Gasteiger charge is 2.09. The van der Waals surface area contributed by atoms with Crippen molar-refractivity contribution in [3.05, 3.63) is 53.6 Å². The van der Waals surface area contributed by atoms with Crippen LogP contribution < -0.4 is 10.5 Å². The monoisotopic (exact) mass is 398 g/mol. The number of esters is 1. The minimum atomic E-state index is -0.156. The van der Waals surface area contributed by atoms with Crippen molar-refractivity contribution >= 4 is 32.7 Å². The molecule has 1 unspecified atom stereocenters. The molecule has 0 amide bonds. The Labute approximate surface area is 169 Å². The maximum atomic E-state index is 11.4. The predicted octanol–water partition coefficient (Wildman–Crippen LogP) is 4.95. The molecular formula is C22H26N2O3S. The predicted molar refractivity (Wildman–Crippen MR) is 114 cm³/mol. The third-order valence-corrected chi connectivity index (χ3v) is 5.51. The molecule has 148 valence electrons. The van der Waals surface area contributed by atoms with Crippen molar-refractivity contribution in [1.82, 2.24) is 4.98 Å². The Kier molecular flexibility index (Phi) is 6.87. The summed E-state index contributed by atoms with van der Waals surface area (Å²) in [5.41, 5.74) is 9.11. The molecule has 5 nitrogen and oxygen atoms in total. The van der Waals surface area contributed by atoms with Crippen molar-refractivity contribution in [3.63, 3.8) is 0 Å². The Morgan fingerprint density at radius 2 is 2.00 bits per heavy atom. The number of carbonyl (C=O) groups is 1. The Morgan fingerprint density at radius 3 is 2.75 bits per heavy atom. The summed E-state index contributed by atoms with van der Waals surface area (Å²) >= 11 is 1.52. The van der Waals surface area contributed by atoms with E-state index in [1.165, 1.54) is 16.9 Å². The van der Waals surface area contributed by atoms with Crippen molar-refractivity contribution in [3.8, 4) is 5.75 Å². The van der Waals surface area contributed by atoms with Gasteiger partial charge in [-0.2, -0.15) is 0 Å². The van der Waals surface area contributed by atoms with Gasteiger partial charge in [0.25, 0.3) is 0 Å². The second kappa shape index (κ2) is 9.55. The zero-order chi connectivity index (χ0) is 19.9. The number of ether oxygens (including phenoxy) is 2. The summed E-state index contributed by atoms with van der Waals surface area (Å²) in [6.07, 6.45) is 2.01. The lowest BCUT2D eigenvalue weighted by molar-refractivity contribution is -0.143. The van der Waals surface area contributed by atoms with Gasteiger partial charge in [0, 0.05) is 6.42 Å². The van der Waals surface area contributed by atoms with Gasteiger partial charge in [-0.25, -0.2) is 4.98 Å². The van der Waals surface area contributed by atoms with Crippen LogP contribution in [0.3, 0.4) is 0 Å². The minimum absolute atomic E-state index is 0.156. The third kappa shape index (κ3) is 5.45. The largest absolute Gasteiger partial charge is 0.494 e. The fourth-order valence-corrected chi connectivity index (χ4v) is 3.80. The summed E-state index contributed by atoms with van der Waals surface area (Å²) in [5.74, 6) is 1.07. The van der Waals surface area contributed by atoms with E-state index in [-0.39, 0.29) is 5.97 Å². The lowest BCUT2D eigenvalue weighted by Gasteiger charge is -2.13. The number of nitrogens with two attached hydrogens (primary N) is 1. The zero-order valence-corrected chi connectivity index (χ0v) is 17.1. The van der Waals surface area contributed by atoms with E-state index in [0.717, 1.165) is 28.0 Å². The van der Waals surface area contributed by atoms with Crippen LogP contribution in [0.5, 0.6) is 5.75 Å². The number of carbonyl (C=O) groups excluding carboxylic acids is 1. The van der Waals surface area contributed by atoms with Gasteiger partial charge in [-0.3, -0.25) is 4.79 Å². The molecule has 28 heavy (non-hydrogen) atoms. The molecule has 1 aromatic heterocycles. The topological polar surface area (TPSA) is 74.4 Å². The van der Waals surface area contributed by atoms with Gasteiger partial charge in [0.05, 0.1) is 23.4 Å². The van der Waals surface area contributed by atoms with Gasteiger partial charge in [0.1, 0.15) is 5.75 Å². The van der Waals surface area contributed by atoms with Gasteiger partial charge < -0.3 is 15.2 Å². The molecule has 0 aliphatic heterocycles. The highest BCUT2D eigenvalue weighted by atomic mass is 32.1. The first-order chi connectivity index (χ1) is 13.5. The number of hydrogen-bond donors (Lipinski definition) is 1. The van der Waals surface area contributed by atoms with Gasteiger partial charge in [0.15, 0.2) is 5.13 Å². The second-order valence-electron chi connectivity index (χ2n) is 6.77. The highest BCUT2D eigenvalue weighted by molar-refractivity contribution is 7.22. The molecule has 0 aliphatic carbocycles. The SMILES string of the molecule is CCOC(=O)CCc1ccc(OCCC(C)c2ccc3nc(N)sc3c2)cc1. The molecule has 0 saturated heterocycles. The summed E-state index contributed by atoms with van der Waals surface area (Å²) in [6.45, 7) is 5.09. The van der Waals surface area contributed by atoms with Crippen molar-refractivity contribution in [2.45, 2.75) is 39.0 Å². The molecule has 6 heteroatoms. The van der Waals surface area contributed by atoms with E-state index >= 15 is 0 Å². The van der Waals surface area contributed by atoms with Crippen LogP contribution in [-0.2, 0) is 16.0 Å². The fraction of sp³-hybridized carbons (Fsp3) is 0.364. The number of hydrogen-bond acceptors (Lipinski definition) is 6. The smallest absolute Gasteiger partial charge is 0.306 e. The van der Waals surface area contributed by atoms with Crippen LogP contribution in [0.1, 0.15) is 43.7 Å². The van der Waals surface area contributed by atoms with Gasteiger partial charge in [-0.15, -0.1) is 0 Å². The Hall–Kier alpha value is -2.60. The number of fused-ring (bicyclic) bond motifs is 1. The van der Waals surface area contributed by atoms with E-state index in [2.05, 4.69) is 24.0 Å². The molecule has 0 bridgehead atoms. The van der Waals surface area contributed by atoms with Crippen LogP contribution in [0, 0.1) is 0 Å². The number of aromatic nitrogens is 1. The molecule has 0 spiro atoms. The first-order valence-electron chi connectivity index (χ1n) is 9.58. The van der Waals surface area contributed by atoms with Crippen molar-refractivity contribution in [2.24, 2.45) is 0 Å². The highest BCUT2D eigenvalue weighted by Crippen LogP contribution is 2.28. The fourth-order valence-electron chi connectivity index (χ4n) is 3.02. The average Bonchev–Trinajstić information content (AvgIpc) is 3.06. The van der Waals surface area contributed by atoms with Crippen molar-refractivity contribution in [1.29, 1.82) is 0 Å². The van der Waals surface area contributed by atoms with E-state index in [9.17, 15) is 4.79 Å². The molecule has 0 fully saturated rings. The first kappa shape index (κ1) is 20.1. The number of nitrogens with zero attached hydrogens (tertiary/aromatic N) is 1. The summed E-state index contributed by atoms with van der Waals surface area (Å²) in [4.78, 5) is 15.7. The number of aryl methyl sites for hydroxylation is 1. The van der Waals surface area contributed by atoms with Crippen LogP contribution in [0.25, 0.3) is 10.2 Å². The Morgan fingerprint density at radius 1 is 1.21 bits per heavy atom. The number of rotatable bonds is 9. The molecule has 0 saturated carbocycles. The summed E-state index contributed by atoms with van der Waals surface area (Å²) in [7, 11) is 0. The maximum absolute atomic E-state index is 11.4. The number of benzene rings is 2. The lowest BCUT2D eigenvalue weighted by Crippen LogP contribution is -2.05. The van der Waals surface area contributed by atoms with Crippen LogP contribution in [0.4, 0.5) is 5.13 Å². The number of thiazole rings is 1. The van der Waals surface area contributed by atoms with Crippen LogP contribution in [0.2, 0.25) is 0 Å². The van der Waals surface area contributed by atoms with Gasteiger partial charge in [-0.05, 0) is 61.1 Å². The van der Waals surface area contributed by atoms with Gasteiger partial charge >= 0.3 is 5.97 Å². The molecule has 1 atom stereocenters. The average molecular weight is 399 g/mol. The van der Waals surface area contributed by atoms with Crippen LogP contribution in [-0.4, -0.2) is 24.2 Å². The summed E-state index contributed by atoms with van der Waals surface area (Å²) < 4.78 is 12.0. The molecule has 1 heterocycles. The quantitative estimate of drug-likeness (QED) is 0.516. The number of anilines is 1. The molecule has 2 aromatic carbocycles. The van der Waals surface area contributed by atoms with Gasteiger partial charge in [-0.1, -0.05) is 36.5 Å². The molecule has 0 aliphatic rings. The summed E-state index contributed by atoms with van der Waals surface area (Å²) in [5, 5.41) is 0.605. The summed E-state index contributed by atoms with van der Waals surface area (Å²) in [6, 6.07) is 14.2. The van der Waals surface area contributed by atoms with Crippen molar-refractivity contribution in [2.75, 3.05) is 18.9 Å². The molecular weight excluding hydrogens is 372 g/mol. The van der Waals surface area contributed by atoms with Crippen LogP contribution in [0.15, 0.2) is 42.5 Å². The van der Waals surface area contributed by atoms with E-state index in [0.29, 0.717) is 37.1 Å². The van der Waals surface area contributed by atoms with E-state index < -0.39 is 0 Å². The normalized spacial score (nSPS) is 12.1. The van der Waals surface area contributed by atoms with E-state index in [4.69, 9.17) is 15.2 Å². The zero-order valence-electron chi connectivity index (χ0n) is 16.3. The Bertz CT molecular complexity index is 921. The maximum Gasteiger partial charge on any atom is 0.306 e. The van der Waals surface area contributed by atoms with Gasteiger partial charge in [0.2, 0.25) is 0 Å². The third-order valence-electron chi connectivity index (χ3n) is 4.66. The van der Waals surface area contributed by atoms with Crippen molar-refractivity contribution < 1.29 is 14.3 Å². The van der Waals surface area contributed by atoms with E-state index in [1.807, 2.05) is 37.3 Å². The first-order valence-corrected chi connectivity index (χ1v) is 10.4. The Balaban J connectivity index is 1.46. The molecule has 3 aromatic rings. The van der Waals surface area contributed by atoms with Crippen LogP contribution >= 0.6 is 11.3 Å². The molecule has 0 radical (unpaired) electrons. The molecule has 2 N–H and O–H groups in total. The lowest BCUT2D eigenvalue weighted by atomic mass is 9.98. The number of nitrogen functional groups attached to an aromatic ring is 1. The van der Waals surface area contributed by atoms with E-state index in [1.54, 1.807) is 0 Å².